The minimum Gasteiger partial charge on any atom is -0.398 e. The lowest BCUT2D eigenvalue weighted by Gasteiger charge is -2.12. The van der Waals surface area contributed by atoms with Crippen LogP contribution in [0.2, 0.25) is 0 Å². The van der Waals surface area contributed by atoms with E-state index in [0.717, 1.165) is 17.0 Å². The molecule has 0 radical (unpaired) electrons. The SMILES string of the molecule is Cc1ccc(C(=O)Nn2c(C)ccc2C)cc1N. The lowest BCUT2D eigenvalue weighted by Crippen LogP contribution is -2.24. The van der Waals surface area contributed by atoms with E-state index in [1.54, 1.807) is 16.8 Å². The van der Waals surface area contributed by atoms with E-state index >= 15 is 0 Å². The number of nitrogens with two attached hydrogens (primary N) is 1. The Morgan fingerprint density at radius 1 is 1.11 bits per heavy atom. The Bertz CT molecular complexity index is 580. The number of nitrogens with one attached hydrogen (secondary N) is 1. The topological polar surface area (TPSA) is 60.0 Å². The molecule has 0 fully saturated rings. The van der Waals surface area contributed by atoms with Gasteiger partial charge in [-0.3, -0.25) is 14.9 Å². The van der Waals surface area contributed by atoms with E-state index in [-0.39, 0.29) is 5.91 Å². The summed E-state index contributed by atoms with van der Waals surface area (Å²) in [6.45, 7) is 5.80. The van der Waals surface area contributed by atoms with Gasteiger partial charge in [0.2, 0.25) is 0 Å². The summed E-state index contributed by atoms with van der Waals surface area (Å²) in [6.07, 6.45) is 0. The van der Waals surface area contributed by atoms with E-state index in [0.29, 0.717) is 11.3 Å². The van der Waals surface area contributed by atoms with Crippen LogP contribution in [-0.2, 0) is 0 Å². The third-order valence-corrected chi connectivity index (χ3v) is 3.03. The second-order valence-corrected chi connectivity index (χ2v) is 4.46. The van der Waals surface area contributed by atoms with Gasteiger partial charge in [-0.05, 0) is 50.6 Å². The van der Waals surface area contributed by atoms with Gasteiger partial charge in [-0.2, -0.15) is 0 Å². The standard InChI is InChI=1S/C14H17N3O/c1-9-4-7-12(8-13(9)15)14(18)16-17-10(2)5-6-11(17)3/h4-8H,15H2,1-3H3,(H,16,18). The highest BCUT2D eigenvalue weighted by Crippen LogP contribution is 2.13. The molecule has 18 heavy (non-hydrogen) atoms. The number of hydrogen-bond donors (Lipinski definition) is 2. The number of amides is 1. The number of aryl methyl sites for hydroxylation is 3. The van der Waals surface area contributed by atoms with Crippen LogP contribution >= 0.6 is 0 Å². The van der Waals surface area contributed by atoms with Crippen molar-refractivity contribution in [3.8, 4) is 0 Å². The van der Waals surface area contributed by atoms with E-state index in [1.165, 1.54) is 0 Å². The van der Waals surface area contributed by atoms with Crippen molar-refractivity contribution in [3.05, 3.63) is 52.8 Å². The van der Waals surface area contributed by atoms with Crippen molar-refractivity contribution < 1.29 is 4.79 Å². The third-order valence-electron chi connectivity index (χ3n) is 3.03. The van der Waals surface area contributed by atoms with E-state index in [4.69, 9.17) is 5.73 Å². The molecule has 0 aliphatic carbocycles. The number of benzene rings is 1. The third kappa shape index (κ3) is 2.22. The van der Waals surface area contributed by atoms with Crippen LogP contribution in [0.1, 0.15) is 27.3 Å². The van der Waals surface area contributed by atoms with Crippen LogP contribution in [0.4, 0.5) is 5.69 Å². The summed E-state index contributed by atoms with van der Waals surface area (Å²) in [5, 5.41) is 0. The molecule has 1 heterocycles. The van der Waals surface area contributed by atoms with E-state index in [1.807, 2.05) is 39.0 Å². The lowest BCUT2D eigenvalue weighted by molar-refractivity contribution is 0.101. The number of carbonyl (C=O) groups is 1. The monoisotopic (exact) mass is 243 g/mol. The van der Waals surface area contributed by atoms with Gasteiger partial charge >= 0.3 is 0 Å². The van der Waals surface area contributed by atoms with Crippen LogP contribution in [0.15, 0.2) is 30.3 Å². The number of carbonyl (C=O) groups excluding carboxylic acids is 1. The van der Waals surface area contributed by atoms with Crippen LogP contribution < -0.4 is 11.2 Å². The molecule has 2 aromatic rings. The number of hydrogen-bond acceptors (Lipinski definition) is 2. The van der Waals surface area contributed by atoms with Crippen LogP contribution in [-0.4, -0.2) is 10.6 Å². The molecule has 0 bridgehead atoms. The maximum absolute atomic E-state index is 12.1. The molecule has 1 amide bonds. The first kappa shape index (κ1) is 12.2. The Hall–Kier alpha value is -2.23. The summed E-state index contributed by atoms with van der Waals surface area (Å²) in [7, 11) is 0. The molecule has 0 spiro atoms. The summed E-state index contributed by atoms with van der Waals surface area (Å²) in [4.78, 5) is 12.1. The molecule has 1 aromatic carbocycles. The molecule has 0 saturated carbocycles. The first-order valence-corrected chi connectivity index (χ1v) is 5.81. The highest BCUT2D eigenvalue weighted by molar-refractivity contribution is 6.00. The van der Waals surface area contributed by atoms with Crippen molar-refractivity contribution in [3.63, 3.8) is 0 Å². The molecule has 0 atom stereocenters. The van der Waals surface area contributed by atoms with Crippen molar-refractivity contribution in [1.29, 1.82) is 0 Å². The lowest BCUT2D eigenvalue weighted by atomic mass is 10.1. The summed E-state index contributed by atoms with van der Waals surface area (Å²) in [5.41, 5.74) is 12.8. The highest BCUT2D eigenvalue weighted by Gasteiger charge is 2.09. The number of rotatable bonds is 2. The predicted octanol–water partition coefficient (Wildman–Crippen LogP) is 2.38. The minimum absolute atomic E-state index is 0.163. The summed E-state index contributed by atoms with van der Waals surface area (Å²) >= 11 is 0. The van der Waals surface area contributed by atoms with Gasteiger partial charge in [0, 0.05) is 22.6 Å². The van der Waals surface area contributed by atoms with Crippen molar-refractivity contribution in [2.24, 2.45) is 0 Å². The summed E-state index contributed by atoms with van der Waals surface area (Å²) in [5.74, 6) is -0.163. The smallest absolute Gasteiger partial charge is 0.270 e. The summed E-state index contributed by atoms with van der Waals surface area (Å²) in [6, 6.07) is 9.23. The van der Waals surface area contributed by atoms with Crippen LogP contribution in [0.5, 0.6) is 0 Å². The van der Waals surface area contributed by atoms with Crippen molar-refractivity contribution in [2.45, 2.75) is 20.8 Å². The van der Waals surface area contributed by atoms with Crippen LogP contribution in [0, 0.1) is 20.8 Å². The molecular formula is C14H17N3O. The number of nitrogens with zero attached hydrogens (tertiary/aromatic N) is 1. The van der Waals surface area contributed by atoms with Crippen LogP contribution in [0.25, 0.3) is 0 Å². The van der Waals surface area contributed by atoms with E-state index < -0.39 is 0 Å². The minimum atomic E-state index is -0.163. The Morgan fingerprint density at radius 3 is 2.28 bits per heavy atom. The molecule has 1 aromatic heterocycles. The van der Waals surface area contributed by atoms with Crippen molar-refractivity contribution in [2.75, 3.05) is 11.2 Å². The fourth-order valence-corrected chi connectivity index (χ4v) is 1.79. The average molecular weight is 243 g/mol. The van der Waals surface area contributed by atoms with E-state index in [2.05, 4.69) is 5.43 Å². The largest absolute Gasteiger partial charge is 0.398 e. The molecule has 0 unspecified atom stereocenters. The second-order valence-electron chi connectivity index (χ2n) is 4.46. The Balaban J connectivity index is 2.25. The zero-order valence-electron chi connectivity index (χ0n) is 10.8. The van der Waals surface area contributed by atoms with Gasteiger partial charge in [-0.15, -0.1) is 0 Å². The molecule has 3 N–H and O–H groups in total. The second kappa shape index (κ2) is 4.56. The number of nitrogen functional groups attached to an aromatic ring is 1. The van der Waals surface area contributed by atoms with Gasteiger partial charge < -0.3 is 5.73 Å². The normalized spacial score (nSPS) is 10.4. The molecule has 0 aliphatic rings. The van der Waals surface area contributed by atoms with Crippen LogP contribution in [0.3, 0.4) is 0 Å². The zero-order chi connectivity index (χ0) is 13.3. The Labute approximate surface area is 106 Å². The fourth-order valence-electron chi connectivity index (χ4n) is 1.79. The van der Waals surface area contributed by atoms with Crippen molar-refractivity contribution in [1.82, 2.24) is 4.68 Å². The first-order valence-electron chi connectivity index (χ1n) is 5.81. The molecule has 2 rings (SSSR count). The molecule has 94 valence electrons. The van der Waals surface area contributed by atoms with Crippen molar-refractivity contribution >= 4 is 11.6 Å². The Kier molecular flexibility index (Phi) is 3.10. The van der Waals surface area contributed by atoms with Gasteiger partial charge in [-0.25, -0.2) is 0 Å². The van der Waals surface area contributed by atoms with Gasteiger partial charge in [0.1, 0.15) is 0 Å². The predicted molar refractivity (Wildman–Crippen MR) is 73.2 cm³/mol. The van der Waals surface area contributed by atoms with Gasteiger partial charge in [0.05, 0.1) is 0 Å². The van der Waals surface area contributed by atoms with Gasteiger partial charge in [0.25, 0.3) is 5.91 Å². The number of anilines is 1. The molecular weight excluding hydrogens is 226 g/mol. The maximum Gasteiger partial charge on any atom is 0.270 e. The zero-order valence-corrected chi connectivity index (χ0v) is 10.8. The highest BCUT2D eigenvalue weighted by atomic mass is 16.2. The Morgan fingerprint density at radius 2 is 1.72 bits per heavy atom. The molecule has 0 saturated heterocycles. The molecule has 4 nitrogen and oxygen atoms in total. The average Bonchev–Trinajstić information content (AvgIpc) is 2.64. The first-order chi connectivity index (χ1) is 8.49. The fraction of sp³-hybridized carbons (Fsp3) is 0.214. The quantitative estimate of drug-likeness (QED) is 0.795. The molecule has 4 heteroatoms. The maximum atomic E-state index is 12.1. The van der Waals surface area contributed by atoms with Gasteiger partial charge in [0.15, 0.2) is 0 Å². The van der Waals surface area contributed by atoms with Gasteiger partial charge in [-0.1, -0.05) is 6.07 Å². The molecule has 0 aliphatic heterocycles. The number of aromatic nitrogens is 1. The summed E-state index contributed by atoms with van der Waals surface area (Å²) < 4.78 is 1.76. The van der Waals surface area contributed by atoms with E-state index in [9.17, 15) is 4.79 Å².